The zero-order valence-corrected chi connectivity index (χ0v) is 9.71. The first kappa shape index (κ1) is 12.9. The molecule has 7 nitrogen and oxygen atoms in total. The Kier molecular flexibility index (Phi) is 3.97. The number of nitrogens with two attached hydrogens (primary N) is 1. The minimum atomic E-state index is -0.639. The van der Waals surface area contributed by atoms with E-state index in [0.29, 0.717) is 6.54 Å². The van der Waals surface area contributed by atoms with Crippen LogP contribution in [0, 0.1) is 10.1 Å². The lowest BCUT2D eigenvalue weighted by molar-refractivity contribution is -0.385. The number of carbonyl (C=O) groups is 1. The maximum atomic E-state index is 12.0. The summed E-state index contributed by atoms with van der Waals surface area (Å²) < 4.78 is 0. The maximum Gasteiger partial charge on any atom is 0.300 e. The first-order valence-corrected chi connectivity index (χ1v) is 5.12. The molecule has 7 heteroatoms. The SMILES string of the molecule is CCCN(C)C(=O)c1cc(N)ncc1[N+](=O)[O-]. The second-order valence-electron chi connectivity index (χ2n) is 3.61. The molecule has 1 aromatic heterocycles. The second-order valence-corrected chi connectivity index (χ2v) is 3.61. The van der Waals surface area contributed by atoms with Crippen molar-refractivity contribution in [2.24, 2.45) is 0 Å². The van der Waals surface area contributed by atoms with Crippen molar-refractivity contribution in [3.8, 4) is 0 Å². The summed E-state index contributed by atoms with van der Waals surface area (Å²) in [4.78, 5) is 27.1. The average Bonchev–Trinajstić information content (AvgIpc) is 2.27. The van der Waals surface area contributed by atoms with Crippen molar-refractivity contribution in [1.82, 2.24) is 9.88 Å². The number of nitrogen functional groups attached to an aromatic ring is 1. The summed E-state index contributed by atoms with van der Waals surface area (Å²) in [6.45, 7) is 2.44. The normalized spacial score (nSPS) is 10.0. The van der Waals surface area contributed by atoms with Gasteiger partial charge in [-0.1, -0.05) is 6.92 Å². The van der Waals surface area contributed by atoms with Crippen LogP contribution in [0.1, 0.15) is 23.7 Å². The summed E-state index contributed by atoms with van der Waals surface area (Å²) in [5.41, 5.74) is 5.08. The van der Waals surface area contributed by atoms with Gasteiger partial charge in [-0.2, -0.15) is 0 Å². The lowest BCUT2D eigenvalue weighted by atomic mass is 10.2. The number of nitro groups is 1. The molecule has 0 aliphatic heterocycles. The quantitative estimate of drug-likeness (QED) is 0.624. The summed E-state index contributed by atoms with van der Waals surface area (Å²) in [5.74, 6) is -0.337. The second kappa shape index (κ2) is 5.24. The minimum absolute atomic E-state index is 0.0292. The molecule has 0 saturated heterocycles. The molecule has 92 valence electrons. The third kappa shape index (κ3) is 2.90. The molecular weight excluding hydrogens is 224 g/mol. The van der Waals surface area contributed by atoms with Gasteiger partial charge in [0.1, 0.15) is 17.6 Å². The zero-order valence-electron chi connectivity index (χ0n) is 9.71. The molecule has 0 spiro atoms. The van der Waals surface area contributed by atoms with Crippen LogP contribution in [0.25, 0.3) is 0 Å². The fourth-order valence-corrected chi connectivity index (χ4v) is 1.42. The van der Waals surface area contributed by atoms with E-state index in [0.717, 1.165) is 12.6 Å². The fourth-order valence-electron chi connectivity index (χ4n) is 1.42. The number of rotatable bonds is 4. The molecule has 17 heavy (non-hydrogen) atoms. The van der Waals surface area contributed by atoms with E-state index in [9.17, 15) is 14.9 Å². The Labute approximate surface area is 98.4 Å². The van der Waals surface area contributed by atoms with Gasteiger partial charge >= 0.3 is 0 Å². The number of amides is 1. The van der Waals surface area contributed by atoms with Gasteiger partial charge in [0, 0.05) is 13.6 Å². The summed E-state index contributed by atoms with van der Waals surface area (Å²) in [5, 5.41) is 10.8. The topological polar surface area (TPSA) is 102 Å². The van der Waals surface area contributed by atoms with Gasteiger partial charge in [0.15, 0.2) is 0 Å². The molecule has 0 atom stereocenters. The van der Waals surface area contributed by atoms with Crippen LogP contribution in [0.2, 0.25) is 0 Å². The lowest BCUT2D eigenvalue weighted by Gasteiger charge is -2.15. The van der Waals surface area contributed by atoms with Crippen molar-refractivity contribution in [2.45, 2.75) is 13.3 Å². The van der Waals surface area contributed by atoms with E-state index < -0.39 is 10.8 Å². The molecule has 0 fully saturated rings. The Balaban J connectivity index is 3.15. The Bertz CT molecular complexity index is 447. The first-order valence-electron chi connectivity index (χ1n) is 5.12. The predicted octanol–water partition coefficient (Wildman–Crippen LogP) is 1.05. The van der Waals surface area contributed by atoms with Gasteiger partial charge in [-0.05, 0) is 12.5 Å². The lowest BCUT2D eigenvalue weighted by Crippen LogP contribution is -2.28. The van der Waals surface area contributed by atoms with Gasteiger partial charge in [-0.25, -0.2) is 4.98 Å². The van der Waals surface area contributed by atoms with Crippen LogP contribution in [-0.2, 0) is 0 Å². The Morgan fingerprint density at radius 2 is 2.29 bits per heavy atom. The summed E-state index contributed by atoms with van der Waals surface area (Å²) >= 11 is 0. The number of carbonyl (C=O) groups excluding carboxylic acids is 1. The van der Waals surface area contributed by atoms with E-state index in [2.05, 4.69) is 4.98 Å². The standard InChI is InChI=1S/C10H14N4O3/c1-3-4-13(2)10(15)7-5-9(11)12-6-8(7)14(16)17/h5-6H,3-4H2,1-2H3,(H2,11,12). The molecule has 1 rings (SSSR count). The third-order valence-electron chi connectivity index (χ3n) is 2.24. The van der Waals surface area contributed by atoms with Crippen LogP contribution >= 0.6 is 0 Å². The van der Waals surface area contributed by atoms with Gasteiger partial charge in [0.05, 0.1) is 4.92 Å². The Morgan fingerprint density at radius 3 is 2.82 bits per heavy atom. The monoisotopic (exact) mass is 238 g/mol. The molecule has 0 aliphatic rings. The molecule has 0 aliphatic carbocycles. The third-order valence-corrected chi connectivity index (χ3v) is 2.24. The molecular formula is C10H14N4O3. The first-order chi connectivity index (χ1) is 7.97. The van der Waals surface area contributed by atoms with Gasteiger partial charge in [-0.15, -0.1) is 0 Å². The Hall–Kier alpha value is -2.18. The highest BCUT2D eigenvalue weighted by molar-refractivity contribution is 5.98. The summed E-state index contributed by atoms with van der Waals surface area (Å²) in [6, 6.07) is 1.23. The highest BCUT2D eigenvalue weighted by Crippen LogP contribution is 2.20. The van der Waals surface area contributed by atoms with Crippen LogP contribution in [0.15, 0.2) is 12.3 Å². The van der Waals surface area contributed by atoms with Crippen molar-refractivity contribution >= 4 is 17.4 Å². The van der Waals surface area contributed by atoms with Crippen LogP contribution in [-0.4, -0.2) is 34.3 Å². The van der Waals surface area contributed by atoms with Crippen LogP contribution in [0.4, 0.5) is 11.5 Å². The van der Waals surface area contributed by atoms with E-state index in [-0.39, 0.29) is 17.1 Å². The largest absolute Gasteiger partial charge is 0.384 e. The fraction of sp³-hybridized carbons (Fsp3) is 0.400. The number of nitrogens with zero attached hydrogens (tertiary/aromatic N) is 3. The van der Waals surface area contributed by atoms with Gasteiger partial charge in [0.25, 0.3) is 11.6 Å². The van der Waals surface area contributed by atoms with E-state index in [1.165, 1.54) is 11.0 Å². The summed E-state index contributed by atoms with van der Waals surface area (Å²) in [6.07, 6.45) is 1.78. The molecule has 0 unspecified atom stereocenters. The number of anilines is 1. The molecule has 0 aromatic carbocycles. The van der Waals surface area contributed by atoms with Gasteiger partial charge in [0.2, 0.25) is 0 Å². The summed E-state index contributed by atoms with van der Waals surface area (Å²) in [7, 11) is 1.59. The van der Waals surface area contributed by atoms with Crippen LogP contribution in [0.5, 0.6) is 0 Å². The minimum Gasteiger partial charge on any atom is -0.384 e. The highest BCUT2D eigenvalue weighted by atomic mass is 16.6. The molecule has 2 N–H and O–H groups in total. The molecule has 1 aromatic rings. The van der Waals surface area contributed by atoms with Crippen molar-refractivity contribution in [3.63, 3.8) is 0 Å². The molecule has 1 heterocycles. The van der Waals surface area contributed by atoms with E-state index >= 15 is 0 Å². The van der Waals surface area contributed by atoms with Gasteiger partial charge in [-0.3, -0.25) is 14.9 Å². The molecule has 0 saturated carbocycles. The maximum absolute atomic E-state index is 12.0. The van der Waals surface area contributed by atoms with Crippen molar-refractivity contribution < 1.29 is 9.72 Å². The van der Waals surface area contributed by atoms with E-state index in [1.807, 2.05) is 6.92 Å². The van der Waals surface area contributed by atoms with E-state index in [1.54, 1.807) is 7.05 Å². The van der Waals surface area contributed by atoms with Crippen molar-refractivity contribution in [3.05, 3.63) is 27.9 Å². The Morgan fingerprint density at radius 1 is 1.65 bits per heavy atom. The number of hydrogen-bond acceptors (Lipinski definition) is 5. The molecule has 0 radical (unpaired) electrons. The highest BCUT2D eigenvalue weighted by Gasteiger charge is 2.23. The van der Waals surface area contributed by atoms with Crippen molar-refractivity contribution in [2.75, 3.05) is 19.3 Å². The predicted molar refractivity (Wildman–Crippen MR) is 62.6 cm³/mol. The smallest absolute Gasteiger partial charge is 0.300 e. The van der Waals surface area contributed by atoms with Crippen LogP contribution < -0.4 is 5.73 Å². The zero-order chi connectivity index (χ0) is 13.0. The number of pyridine rings is 1. The number of hydrogen-bond donors (Lipinski definition) is 1. The number of aromatic nitrogens is 1. The average molecular weight is 238 g/mol. The molecule has 0 bridgehead atoms. The molecule has 1 amide bonds. The van der Waals surface area contributed by atoms with Crippen molar-refractivity contribution in [1.29, 1.82) is 0 Å². The van der Waals surface area contributed by atoms with Crippen LogP contribution in [0.3, 0.4) is 0 Å². The van der Waals surface area contributed by atoms with Gasteiger partial charge < -0.3 is 10.6 Å². The van der Waals surface area contributed by atoms with E-state index in [4.69, 9.17) is 5.73 Å².